The van der Waals surface area contributed by atoms with Gasteiger partial charge in [-0.3, -0.25) is 9.78 Å². The molecule has 4 rings (SSSR count). The molecule has 0 radical (unpaired) electrons. The molecule has 0 aliphatic carbocycles. The molecular formula is C22H19N3O2. The van der Waals surface area contributed by atoms with Gasteiger partial charge in [0, 0.05) is 23.5 Å². The fraction of sp³-hybridized carbons (Fsp3) is 0.136. The van der Waals surface area contributed by atoms with E-state index < -0.39 is 0 Å². The first kappa shape index (κ1) is 17.0. The van der Waals surface area contributed by atoms with Crippen molar-refractivity contribution in [2.24, 2.45) is 0 Å². The zero-order valence-corrected chi connectivity index (χ0v) is 14.8. The highest BCUT2D eigenvalue weighted by molar-refractivity contribution is 5.94. The van der Waals surface area contributed by atoms with Gasteiger partial charge in [0.15, 0.2) is 0 Å². The number of nitrogens with zero attached hydrogens (tertiary/aromatic N) is 2. The number of carbonyl (C=O) groups is 1. The molecule has 27 heavy (non-hydrogen) atoms. The molecule has 1 N–H and O–H groups in total. The van der Waals surface area contributed by atoms with Crippen molar-refractivity contribution in [1.29, 1.82) is 0 Å². The van der Waals surface area contributed by atoms with Crippen molar-refractivity contribution in [3.63, 3.8) is 0 Å². The average Bonchev–Trinajstić information content (AvgIpc) is 2.73. The van der Waals surface area contributed by atoms with Crippen LogP contribution in [0, 0.1) is 0 Å². The zero-order valence-electron chi connectivity index (χ0n) is 14.8. The summed E-state index contributed by atoms with van der Waals surface area (Å²) in [6.45, 7) is 1.02. The van der Waals surface area contributed by atoms with Crippen molar-refractivity contribution < 1.29 is 9.53 Å². The summed E-state index contributed by atoms with van der Waals surface area (Å²) < 4.78 is 5.84. The van der Waals surface area contributed by atoms with Gasteiger partial charge in [-0.2, -0.15) is 0 Å². The lowest BCUT2D eigenvalue weighted by Crippen LogP contribution is -2.26. The quantitative estimate of drug-likeness (QED) is 0.530. The van der Waals surface area contributed by atoms with Crippen molar-refractivity contribution in [1.82, 2.24) is 15.3 Å². The molecule has 2 aromatic heterocycles. The second kappa shape index (κ2) is 7.83. The molecule has 4 aromatic rings. The molecule has 0 spiro atoms. The number of benzene rings is 2. The third-order valence-electron chi connectivity index (χ3n) is 4.29. The monoisotopic (exact) mass is 357 g/mol. The van der Waals surface area contributed by atoms with Crippen LogP contribution in [-0.2, 0) is 0 Å². The molecule has 2 aromatic carbocycles. The average molecular weight is 357 g/mol. The zero-order chi connectivity index (χ0) is 18.5. The van der Waals surface area contributed by atoms with Gasteiger partial charge >= 0.3 is 0 Å². The highest BCUT2D eigenvalue weighted by Gasteiger charge is 2.08. The number of amides is 1. The summed E-state index contributed by atoms with van der Waals surface area (Å²) in [6, 6.07) is 21.2. The number of carbonyl (C=O) groups excluding carboxylic acids is 1. The summed E-state index contributed by atoms with van der Waals surface area (Å²) in [6.07, 6.45) is 2.45. The van der Waals surface area contributed by atoms with Crippen molar-refractivity contribution in [3.05, 3.63) is 78.6 Å². The second-order valence-electron chi connectivity index (χ2n) is 6.18. The molecule has 1 amide bonds. The minimum absolute atomic E-state index is 0.174. The van der Waals surface area contributed by atoms with Crippen molar-refractivity contribution >= 4 is 27.7 Å². The van der Waals surface area contributed by atoms with Crippen LogP contribution in [0.2, 0.25) is 0 Å². The Morgan fingerprint density at radius 2 is 1.78 bits per heavy atom. The summed E-state index contributed by atoms with van der Waals surface area (Å²) in [4.78, 5) is 21.0. The van der Waals surface area contributed by atoms with Crippen LogP contribution in [0.1, 0.15) is 16.9 Å². The van der Waals surface area contributed by atoms with Gasteiger partial charge in [-0.25, -0.2) is 4.98 Å². The Morgan fingerprint density at radius 1 is 0.926 bits per heavy atom. The molecule has 134 valence electrons. The lowest BCUT2D eigenvalue weighted by molar-refractivity contribution is 0.0947. The summed E-state index contributed by atoms with van der Waals surface area (Å²) in [5.41, 5.74) is 2.09. The van der Waals surface area contributed by atoms with E-state index in [0.29, 0.717) is 25.3 Å². The third kappa shape index (κ3) is 3.87. The number of rotatable bonds is 6. The summed E-state index contributed by atoms with van der Waals surface area (Å²) >= 11 is 0. The fourth-order valence-electron chi connectivity index (χ4n) is 2.93. The van der Waals surface area contributed by atoms with E-state index in [9.17, 15) is 4.79 Å². The Kier molecular flexibility index (Phi) is 4.92. The predicted molar refractivity (Wildman–Crippen MR) is 106 cm³/mol. The first-order chi connectivity index (χ1) is 13.3. The summed E-state index contributed by atoms with van der Waals surface area (Å²) in [5.74, 6) is 0.586. The minimum atomic E-state index is -0.174. The standard InChI is InChI=1S/C22H19N3O2/c26-22(19-12-11-16-6-1-2-9-18(16)25-19)24-14-5-15-27-20-10-3-7-17-8-4-13-23-21(17)20/h1-4,6-13H,5,14-15H2,(H,24,26). The van der Waals surface area contributed by atoms with E-state index >= 15 is 0 Å². The SMILES string of the molecule is O=C(NCCCOc1cccc2cccnc12)c1ccc2ccccc2n1. The topological polar surface area (TPSA) is 64.1 Å². The maximum absolute atomic E-state index is 12.3. The van der Waals surface area contributed by atoms with Gasteiger partial charge in [-0.15, -0.1) is 0 Å². The van der Waals surface area contributed by atoms with Crippen molar-refractivity contribution in [3.8, 4) is 5.75 Å². The van der Waals surface area contributed by atoms with Gasteiger partial charge in [0.25, 0.3) is 5.91 Å². The van der Waals surface area contributed by atoms with Crippen molar-refractivity contribution in [2.45, 2.75) is 6.42 Å². The second-order valence-corrected chi connectivity index (χ2v) is 6.18. The third-order valence-corrected chi connectivity index (χ3v) is 4.29. The molecule has 0 aliphatic rings. The Labute approximate surface area is 157 Å². The van der Waals surface area contributed by atoms with Gasteiger partial charge in [0.2, 0.25) is 0 Å². The summed E-state index contributed by atoms with van der Waals surface area (Å²) in [5, 5.41) is 4.96. The lowest BCUT2D eigenvalue weighted by Gasteiger charge is -2.09. The number of para-hydroxylation sites is 2. The Bertz CT molecular complexity index is 1090. The van der Waals surface area contributed by atoms with Gasteiger partial charge < -0.3 is 10.1 Å². The maximum atomic E-state index is 12.3. The van der Waals surface area contributed by atoms with Crippen LogP contribution in [0.4, 0.5) is 0 Å². The van der Waals surface area contributed by atoms with Gasteiger partial charge in [-0.05, 0) is 30.7 Å². The molecule has 0 saturated heterocycles. The number of aromatic nitrogens is 2. The highest BCUT2D eigenvalue weighted by Crippen LogP contribution is 2.22. The molecule has 0 unspecified atom stereocenters. The van der Waals surface area contributed by atoms with Gasteiger partial charge in [0.1, 0.15) is 17.0 Å². The van der Waals surface area contributed by atoms with Crippen LogP contribution in [0.5, 0.6) is 5.75 Å². The molecule has 5 nitrogen and oxygen atoms in total. The molecule has 5 heteroatoms. The Morgan fingerprint density at radius 3 is 2.74 bits per heavy atom. The van der Waals surface area contributed by atoms with E-state index in [1.165, 1.54) is 0 Å². The first-order valence-electron chi connectivity index (χ1n) is 8.92. The van der Waals surface area contributed by atoms with Crippen LogP contribution in [0.3, 0.4) is 0 Å². The van der Waals surface area contributed by atoms with Gasteiger partial charge in [-0.1, -0.05) is 42.5 Å². The number of hydrogen-bond acceptors (Lipinski definition) is 4. The number of pyridine rings is 2. The van der Waals surface area contributed by atoms with E-state index in [1.807, 2.05) is 60.7 Å². The molecule has 0 atom stereocenters. The lowest BCUT2D eigenvalue weighted by atomic mass is 10.2. The Balaban J connectivity index is 1.30. The number of hydrogen-bond donors (Lipinski definition) is 1. The van der Waals surface area contributed by atoms with Crippen LogP contribution in [-0.4, -0.2) is 29.0 Å². The van der Waals surface area contributed by atoms with Crippen LogP contribution in [0.15, 0.2) is 72.9 Å². The fourth-order valence-corrected chi connectivity index (χ4v) is 2.93. The Hall–Kier alpha value is -3.47. The smallest absolute Gasteiger partial charge is 0.269 e. The number of nitrogens with one attached hydrogen (secondary N) is 1. The van der Waals surface area contributed by atoms with E-state index in [1.54, 1.807) is 12.3 Å². The highest BCUT2D eigenvalue weighted by atomic mass is 16.5. The number of ether oxygens (including phenoxy) is 1. The van der Waals surface area contributed by atoms with Crippen LogP contribution >= 0.6 is 0 Å². The molecular weight excluding hydrogens is 338 g/mol. The molecule has 0 fully saturated rings. The first-order valence-corrected chi connectivity index (χ1v) is 8.92. The minimum Gasteiger partial charge on any atom is -0.491 e. The molecule has 2 heterocycles. The van der Waals surface area contributed by atoms with Crippen LogP contribution < -0.4 is 10.1 Å². The van der Waals surface area contributed by atoms with E-state index in [2.05, 4.69) is 15.3 Å². The normalized spacial score (nSPS) is 10.8. The number of fused-ring (bicyclic) bond motifs is 2. The van der Waals surface area contributed by atoms with Gasteiger partial charge in [0.05, 0.1) is 12.1 Å². The summed E-state index contributed by atoms with van der Waals surface area (Å²) in [7, 11) is 0. The molecule has 0 bridgehead atoms. The van der Waals surface area contributed by atoms with Crippen molar-refractivity contribution in [2.75, 3.05) is 13.2 Å². The van der Waals surface area contributed by atoms with E-state index in [4.69, 9.17) is 4.74 Å². The van der Waals surface area contributed by atoms with E-state index in [0.717, 1.165) is 27.6 Å². The predicted octanol–water partition coefficient (Wildman–Crippen LogP) is 3.98. The van der Waals surface area contributed by atoms with Crippen LogP contribution in [0.25, 0.3) is 21.8 Å². The molecule has 0 aliphatic heterocycles. The largest absolute Gasteiger partial charge is 0.491 e. The molecule has 0 saturated carbocycles. The van der Waals surface area contributed by atoms with E-state index in [-0.39, 0.29) is 5.91 Å². The maximum Gasteiger partial charge on any atom is 0.269 e.